The van der Waals surface area contributed by atoms with Gasteiger partial charge in [0.05, 0.1) is 6.54 Å². The van der Waals surface area contributed by atoms with Crippen molar-refractivity contribution in [2.75, 3.05) is 20.6 Å². The molecule has 0 aliphatic carbocycles. The van der Waals surface area contributed by atoms with Gasteiger partial charge in [-0.1, -0.05) is 76.9 Å². The maximum absolute atomic E-state index is 14.2. The van der Waals surface area contributed by atoms with Crippen molar-refractivity contribution in [1.29, 1.82) is 0 Å². The molecule has 60 heavy (non-hydrogen) atoms. The molecule has 0 spiro atoms. The van der Waals surface area contributed by atoms with E-state index in [4.69, 9.17) is 21.1 Å². The topological polar surface area (TPSA) is 181 Å². The number of esters is 2. The number of ether oxygens (including phenoxy) is 2. The van der Waals surface area contributed by atoms with Crippen LogP contribution in [0.4, 0.5) is 0 Å². The number of cyclic esters (lactones) is 2. The van der Waals surface area contributed by atoms with Crippen LogP contribution in [0.2, 0.25) is 5.02 Å². The Hall–Kier alpha value is -4.72. The first-order chi connectivity index (χ1) is 27.9. The highest BCUT2D eigenvalue weighted by Gasteiger charge is 2.39. The molecule has 1 aliphatic heterocycles. The van der Waals surface area contributed by atoms with Crippen LogP contribution >= 0.6 is 11.6 Å². The third-order valence-electron chi connectivity index (χ3n) is 11.0. The summed E-state index contributed by atoms with van der Waals surface area (Å²) in [6.45, 7) is 18.7. The largest absolute Gasteiger partial charge is 0.456 e. The lowest BCUT2D eigenvalue weighted by Gasteiger charge is -2.34. The van der Waals surface area contributed by atoms with Crippen molar-refractivity contribution in [3.05, 3.63) is 58.1 Å². The van der Waals surface area contributed by atoms with Crippen LogP contribution in [0, 0.1) is 17.8 Å². The summed E-state index contributed by atoms with van der Waals surface area (Å²) in [4.78, 5) is 98.8. The third kappa shape index (κ3) is 15.1. The number of hydrogen-bond acceptors (Lipinski definition) is 9. The number of allylic oxidation sites excluding steroid dienone is 2. The van der Waals surface area contributed by atoms with Gasteiger partial charge in [-0.3, -0.25) is 24.0 Å². The first-order valence-electron chi connectivity index (χ1n) is 20.8. The highest BCUT2D eigenvalue weighted by atomic mass is 35.5. The summed E-state index contributed by atoms with van der Waals surface area (Å²) in [6.07, 6.45) is 3.37. The zero-order valence-electron chi connectivity index (χ0n) is 37.8. The first-order valence-corrected chi connectivity index (χ1v) is 21.2. The normalized spacial score (nSPS) is 26.9. The molecule has 0 unspecified atom stereocenters. The highest BCUT2D eigenvalue weighted by molar-refractivity contribution is 6.30. The molecule has 15 heteroatoms. The quantitative estimate of drug-likeness (QED) is 0.242. The number of carbonyl (C=O) groups excluding carboxylic acids is 7. The van der Waals surface area contributed by atoms with Gasteiger partial charge in [0.25, 0.3) is 5.91 Å². The fraction of sp³-hybridized carbons (Fsp3) is 0.622. The Morgan fingerprint density at radius 2 is 1.57 bits per heavy atom. The summed E-state index contributed by atoms with van der Waals surface area (Å²) in [7, 11) is 2.85. The molecular weight excluding hydrogens is 790 g/mol. The lowest BCUT2D eigenvalue weighted by molar-refractivity contribution is -0.158. The Kier molecular flexibility index (Phi) is 20.0. The summed E-state index contributed by atoms with van der Waals surface area (Å²) < 4.78 is 11.8. The Morgan fingerprint density at radius 1 is 0.950 bits per heavy atom. The Morgan fingerprint density at radius 3 is 2.13 bits per heavy atom. The summed E-state index contributed by atoms with van der Waals surface area (Å²) in [5.41, 5.74) is 0.256. The molecule has 0 saturated carbocycles. The molecule has 1 aromatic rings. The smallest absolute Gasteiger partial charge is 0.334 e. The van der Waals surface area contributed by atoms with Crippen molar-refractivity contribution in [3.63, 3.8) is 0 Å². The number of carbonyl (C=O) groups is 7. The van der Waals surface area contributed by atoms with Crippen molar-refractivity contribution in [1.82, 2.24) is 25.8 Å². The van der Waals surface area contributed by atoms with Crippen LogP contribution in [0.25, 0.3) is 0 Å². The van der Waals surface area contributed by atoms with E-state index in [0.717, 1.165) is 5.57 Å². The third-order valence-corrected chi connectivity index (χ3v) is 11.2. The van der Waals surface area contributed by atoms with E-state index in [1.54, 1.807) is 44.2 Å². The molecule has 1 aliphatic rings. The van der Waals surface area contributed by atoms with Crippen molar-refractivity contribution in [2.24, 2.45) is 17.8 Å². The summed E-state index contributed by atoms with van der Waals surface area (Å²) >= 11 is 6.12. The Balaban J connectivity index is 2.64. The van der Waals surface area contributed by atoms with E-state index < -0.39 is 83.9 Å². The SMILES string of the molecule is C/C=C(\C)[C@H]1OC(=O)C(C)(C)NC(=O)[C@H]([C@H](C)CC)NC(=O)CN(C)C(=O)[C@@H](Cc2ccc(Cl)cc2)N(C)C(=O)[C@H](C)NC(=O)[C@@H](CC(C)C)OC(=O)/C(C)=C/CC[C@@H]1C. The number of halogens is 1. The van der Waals surface area contributed by atoms with Crippen molar-refractivity contribution in [3.8, 4) is 0 Å². The molecule has 1 aromatic carbocycles. The van der Waals surface area contributed by atoms with Gasteiger partial charge in [0, 0.05) is 31.1 Å². The molecule has 7 atom stereocenters. The number of nitrogens with zero attached hydrogens (tertiary/aromatic N) is 2. The van der Waals surface area contributed by atoms with E-state index in [0.29, 0.717) is 29.8 Å². The van der Waals surface area contributed by atoms with Crippen LogP contribution < -0.4 is 16.0 Å². The molecule has 2 rings (SSSR count). The van der Waals surface area contributed by atoms with E-state index in [2.05, 4.69) is 16.0 Å². The molecule has 0 fully saturated rings. The number of rotatable bonds is 7. The van der Waals surface area contributed by atoms with E-state index in [9.17, 15) is 33.6 Å². The van der Waals surface area contributed by atoms with Crippen LogP contribution in [-0.4, -0.2) is 108 Å². The number of benzene rings is 1. The predicted octanol–water partition coefficient (Wildman–Crippen LogP) is 5.31. The molecule has 3 N–H and O–H groups in total. The second-order valence-corrected chi connectivity index (χ2v) is 17.5. The molecule has 0 radical (unpaired) electrons. The van der Waals surface area contributed by atoms with Crippen LogP contribution in [0.15, 0.2) is 47.6 Å². The van der Waals surface area contributed by atoms with Gasteiger partial charge in [-0.15, -0.1) is 0 Å². The number of amides is 5. The number of hydrogen-bond donors (Lipinski definition) is 3. The summed E-state index contributed by atoms with van der Waals surface area (Å²) in [6, 6.07) is 3.41. The molecule has 14 nitrogen and oxygen atoms in total. The minimum Gasteiger partial charge on any atom is -0.456 e. The summed E-state index contributed by atoms with van der Waals surface area (Å²) in [5, 5.41) is 8.69. The minimum atomic E-state index is -1.50. The van der Waals surface area contributed by atoms with E-state index in [1.807, 2.05) is 47.6 Å². The van der Waals surface area contributed by atoms with Gasteiger partial charge in [-0.2, -0.15) is 0 Å². The van der Waals surface area contributed by atoms with Gasteiger partial charge in [-0.05, 0) is 102 Å². The lowest BCUT2D eigenvalue weighted by atomic mass is 9.92. The maximum atomic E-state index is 14.2. The molecular formula is C45H68ClN5O9. The van der Waals surface area contributed by atoms with Crippen molar-refractivity contribution >= 4 is 53.1 Å². The van der Waals surface area contributed by atoms with Gasteiger partial charge < -0.3 is 35.2 Å². The average Bonchev–Trinajstić information content (AvgIpc) is 3.18. The lowest BCUT2D eigenvalue weighted by Crippen LogP contribution is -2.60. The minimum absolute atomic E-state index is 0.0420. The van der Waals surface area contributed by atoms with Crippen LogP contribution in [0.1, 0.15) is 107 Å². The Labute approximate surface area is 361 Å². The first kappa shape index (κ1) is 51.4. The Bertz CT molecular complexity index is 1760. The molecule has 5 amide bonds. The molecule has 0 bridgehead atoms. The number of likely N-dealkylation sites (N-methyl/N-ethyl adjacent to an activating group) is 2. The zero-order valence-corrected chi connectivity index (χ0v) is 38.5. The monoisotopic (exact) mass is 857 g/mol. The van der Waals surface area contributed by atoms with Crippen LogP contribution in [0.3, 0.4) is 0 Å². The molecule has 0 aromatic heterocycles. The fourth-order valence-electron chi connectivity index (χ4n) is 6.71. The highest BCUT2D eigenvalue weighted by Crippen LogP contribution is 2.25. The van der Waals surface area contributed by atoms with Gasteiger partial charge in [0.2, 0.25) is 23.6 Å². The van der Waals surface area contributed by atoms with Gasteiger partial charge in [-0.25, -0.2) is 9.59 Å². The van der Waals surface area contributed by atoms with Crippen molar-refractivity contribution in [2.45, 2.75) is 144 Å². The van der Waals surface area contributed by atoms with E-state index in [1.165, 1.54) is 44.7 Å². The zero-order chi connectivity index (χ0) is 45.6. The second kappa shape index (κ2) is 23.3. The second-order valence-electron chi connectivity index (χ2n) is 17.1. The molecule has 1 heterocycles. The average molecular weight is 859 g/mol. The standard InChI is InChI=1S/C45H68ClN5O9/c1-14-27(5)37-40(54)49-45(10,11)44(58)60-38(28(6)15-2)29(7)17-16-18-30(8)43(57)59-35(23-26(3)4)39(53)47-31(9)41(55)51(13)34(24-32-19-21-33(46)22-20-32)42(56)50(12)25-36(52)48-37/h15,18-22,26-27,29,31,34-35,37-38H,14,16-17,23-25H2,1-13H3,(H,47,53)(H,48,52)(H,49,54)/b28-15+,30-18+/t27-,29+,31+,34-,35-,37+,38-/m1/s1. The van der Waals surface area contributed by atoms with Gasteiger partial charge in [0.15, 0.2) is 6.10 Å². The maximum Gasteiger partial charge on any atom is 0.334 e. The van der Waals surface area contributed by atoms with Crippen LogP contribution in [-0.2, 0) is 49.5 Å². The number of nitrogens with one attached hydrogen (secondary N) is 3. The van der Waals surface area contributed by atoms with Gasteiger partial charge >= 0.3 is 11.9 Å². The summed E-state index contributed by atoms with van der Waals surface area (Å²) in [5.74, 6) is -5.08. The van der Waals surface area contributed by atoms with E-state index in [-0.39, 0.29) is 36.2 Å². The van der Waals surface area contributed by atoms with Crippen LogP contribution in [0.5, 0.6) is 0 Å². The molecule has 334 valence electrons. The van der Waals surface area contributed by atoms with E-state index >= 15 is 0 Å². The van der Waals surface area contributed by atoms with Gasteiger partial charge in [0.1, 0.15) is 29.8 Å². The fourth-order valence-corrected chi connectivity index (χ4v) is 6.83. The molecule has 0 saturated heterocycles. The predicted molar refractivity (Wildman–Crippen MR) is 231 cm³/mol. The van der Waals surface area contributed by atoms with Crippen molar-refractivity contribution < 1.29 is 43.0 Å².